The Hall–Kier alpha value is -1.87. The van der Waals surface area contributed by atoms with E-state index in [2.05, 4.69) is 0 Å². The summed E-state index contributed by atoms with van der Waals surface area (Å²) in [7, 11) is 0. The summed E-state index contributed by atoms with van der Waals surface area (Å²) in [6, 6.07) is 11.8. The van der Waals surface area contributed by atoms with Crippen molar-refractivity contribution in [3.05, 3.63) is 64.4 Å². The molecule has 1 amide bonds. The maximum absolute atomic E-state index is 13.8. The first-order valence-corrected chi connectivity index (χ1v) is 6.39. The number of rotatable bonds is 1. The van der Waals surface area contributed by atoms with Gasteiger partial charge in [0.1, 0.15) is 5.82 Å². The molecule has 0 spiro atoms. The summed E-state index contributed by atoms with van der Waals surface area (Å²) < 4.78 is 13.8. The summed E-state index contributed by atoms with van der Waals surface area (Å²) in [6.45, 7) is 0.584. The third-order valence-electron chi connectivity index (χ3n) is 3.29. The quantitative estimate of drug-likeness (QED) is 0.777. The largest absolute Gasteiger partial charge is 0.308 e. The highest BCUT2D eigenvalue weighted by Crippen LogP contribution is 2.29. The van der Waals surface area contributed by atoms with Gasteiger partial charge in [0.2, 0.25) is 0 Å². The van der Waals surface area contributed by atoms with Gasteiger partial charge in [-0.15, -0.1) is 0 Å². The molecule has 2 aromatic carbocycles. The summed E-state index contributed by atoms with van der Waals surface area (Å²) >= 11 is 5.70. The zero-order chi connectivity index (χ0) is 13.4. The number of carbonyl (C=O) groups is 1. The van der Waals surface area contributed by atoms with Crippen molar-refractivity contribution in [3.63, 3.8) is 0 Å². The summed E-state index contributed by atoms with van der Waals surface area (Å²) in [4.78, 5) is 14.0. The Morgan fingerprint density at radius 3 is 2.79 bits per heavy atom. The highest BCUT2D eigenvalue weighted by atomic mass is 35.5. The van der Waals surface area contributed by atoms with E-state index in [9.17, 15) is 9.18 Å². The maximum atomic E-state index is 13.8. The van der Waals surface area contributed by atoms with Gasteiger partial charge in [-0.1, -0.05) is 29.8 Å². The Bertz CT molecular complexity index is 656. The zero-order valence-electron chi connectivity index (χ0n) is 10.1. The van der Waals surface area contributed by atoms with E-state index in [1.165, 1.54) is 12.1 Å². The Balaban J connectivity index is 1.98. The molecule has 4 heteroatoms. The van der Waals surface area contributed by atoms with Crippen molar-refractivity contribution in [2.24, 2.45) is 0 Å². The molecule has 1 aliphatic heterocycles. The molecule has 0 saturated carbocycles. The summed E-state index contributed by atoms with van der Waals surface area (Å²) in [5, 5.41) is 0.288. The SMILES string of the molecule is O=C(c1ccc(Cl)cc1F)N1CCc2ccccc21. The zero-order valence-corrected chi connectivity index (χ0v) is 10.8. The van der Waals surface area contributed by atoms with Crippen LogP contribution in [-0.4, -0.2) is 12.5 Å². The van der Waals surface area contributed by atoms with Gasteiger partial charge in [-0.25, -0.2) is 4.39 Å². The lowest BCUT2D eigenvalue weighted by molar-refractivity contribution is 0.0985. The second-order valence-corrected chi connectivity index (χ2v) is 4.90. The van der Waals surface area contributed by atoms with Crippen LogP contribution in [0.4, 0.5) is 10.1 Å². The smallest absolute Gasteiger partial charge is 0.261 e. The third-order valence-corrected chi connectivity index (χ3v) is 3.53. The molecule has 0 atom stereocenters. The fraction of sp³-hybridized carbons (Fsp3) is 0.133. The van der Waals surface area contributed by atoms with E-state index in [1.54, 1.807) is 4.90 Å². The number of anilines is 1. The first-order chi connectivity index (χ1) is 9.16. The fourth-order valence-electron chi connectivity index (χ4n) is 2.36. The molecule has 0 bridgehead atoms. The molecule has 19 heavy (non-hydrogen) atoms. The molecule has 0 unspecified atom stereocenters. The van der Waals surface area contributed by atoms with Crippen molar-refractivity contribution in [1.82, 2.24) is 0 Å². The number of fused-ring (bicyclic) bond motifs is 1. The molecule has 2 nitrogen and oxygen atoms in total. The van der Waals surface area contributed by atoms with Gasteiger partial charge in [0.15, 0.2) is 0 Å². The van der Waals surface area contributed by atoms with E-state index in [4.69, 9.17) is 11.6 Å². The van der Waals surface area contributed by atoms with Crippen molar-refractivity contribution in [2.75, 3.05) is 11.4 Å². The normalized spacial score (nSPS) is 13.5. The van der Waals surface area contributed by atoms with Crippen molar-refractivity contribution in [2.45, 2.75) is 6.42 Å². The van der Waals surface area contributed by atoms with Crippen LogP contribution in [0.5, 0.6) is 0 Å². The predicted octanol–water partition coefficient (Wildman–Crippen LogP) is 3.68. The van der Waals surface area contributed by atoms with Crippen LogP contribution in [0.15, 0.2) is 42.5 Å². The lowest BCUT2D eigenvalue weighted by Gasteiger charge is -2.17. The summed E-state index contributed by atoms with van der Waals surface area (Å²) in [6.07, 6.45) is 0.803. The average molecular weight is 276 g/mol. The van der Waals surface area contributed by atoms with E-state index in [0.29, 0.717) is 6.54 Å². The van der Waals surface area contributed by atoms with Gasteiger partial charge in [-0.2, -0.15) is 0 Å². The van der Waals surface area contributed by atoms with Crippen LogP contribution >= 0.6 is 11.6 Å². The molecular formula is C15H11ClFNO. The van der Waals surface area contributed by atoms with Crippen LogP contribution < -0.4 is 4.90 Å². The monoisotopic (exact) mass is 275 g/mol. The van der Waals surface area contributed by atoms with Gasteiger partial charge in [0, 0.05) is 17.3 Å². The number of nitrogens with zero attached hydrogens (tertiary/aromatic N) is 1. The van der Waals surface area contributed by atoms with Gasteiger partial charge in [0.05, 0.1) is 5.56 Å². The molecule has 0 radical (unpaired) electrons. The standard InChI is InChI=1S/C15H11ClFNO/c16-11-5-6-12(13(17)9-11)15(19)18-8-7-10-3-1-2-4-14(10)18/h1-6,9H,7-8H2. The Morgan fingerprint density at radius 1 is 1.21 bits per heavy atom. The first kappa shape index (κ1) is 12.2. The van der Waals surface area contributed by atoms with Gasteiger partial charge >= 0.3 is 0 Å². The first-order valence-electron chi connectivity index (χ1n) is 6.01. The summed E-state index contributed by atoms with van der Waals surface area (Å²) in [5.74, 6) is -0.902. The van der Waals surface area contributed by atoms with Crippen LogP contribution in [0.2, 0.25) is 5.02 Å². The minimum Gasteiger partial charge on any atom is -0.308 e. The van der Waals surface area contributed by atoms with E-state index < -0.39 is 5.82 Å². The van der Waals surface area contributed by atoms with E-state index in [0.717, 1.165) is 23.7 Å². The molecule has 0 saturated heterocycles. The number of benzene rings is 2. The van der Waals surface area contributed by atoms with Crippen LogP contribution in [0.3, 0.4) is 0 Å². The van der Waals surface area contributed by atoms with Crippen LogP contribution in [-0.2, 0) is 6.42 Å². The molecule has 3 rings (SSSR count). The number of halogens is 2. The third kappa shape index (κ3) is 2.10. The number of hydrogen-bond donors (Lipinski definition) is 0. The Morgan fingerprint density at radius 2 is 2.00 bits per heavy atom. The minimum absolute atomic E-state index is 0.0566. The van der Waals surface area contributed by atoms with Crippen molar-refractivity contribution in [3.8, 4) is 0 Å². The molecule has 2 aromatic rings. The highest BCUT2D eigenvalue weighted by Gasteiger charge is 2.26. The molecule has 0 fully saturated rings. The average Bonchev–Trinajstić information content (AvgIpc) is 2.82. The second-order valence-electron chi connectivity index (χ2n) is 4.46. The molecule has 0 aliphatic carbocycles. The summed E-state index contributed by atoms with van der Waals surface area (Å²) in [5.41, 5.74) is 2.04. The van der Waals surface area contributed by atoms with Gasteiger partial charge < -0.3 is 4.90 Å². The molecule has 0 N–H and O–H groups in total. The fourth-order valence-corrected chi connectivity index (χ4v) is 2.52. The van der Waals surface area contributed by atoms with Gasteiger partial charge in [-0.3, -0.25) is 4.79 Å². The number of amides is 1. The van der Waals surface area contributed by atoms with Gasteiger partial charge in [0.25, 0.3) is 5.91 Å². The number of para-hydroxylation sites is 1. The van der Waals surface area contributed by atoms with E-state index >= 15 is 0 Å². The van der Waals surface area contributed by atoms with Crippen molar-refractivity contribution in [1.29, 1.82) is 0 Å². The van der Waals surface area contributed by atoms with Crippen LogP contribution in [0.1, 0.15) is 15.9 Å². The minimum atomic E-state index is -0.582. The molecule has 96 valence electrons. The molecule has 0 aromatic heterocycles. The second kappa shape index (κ2) is 4.67. The van der Waals surface area contributed by atoms with Crippen LogP contribution in [0.25, 0.3) is 0 Å². The molecule has 1 aliphatic rings. The highest BCUT2D eigenvalue weighted by molar-refractivity contribution is 6.30. The van der Waals surface area contributed by atoms with E-state index in [1.807, 2.05) is 24.3 Å². The number of hydrogen-bond acceptors (Lipinski definition) is 1. The maximum Gasteiger partial charge on any atom is 0.261 e. The lowest BCUT2D eigenvalue weighted by Crippen LogP contribution is -2.29. The predicted molar refractivity (Wildman–Crippen MR) is 73.2 cm³/mol. The topological polar surface area (TPSA) is 20.3 Å². The van der Waals surface area contributed by atoms with Crippen molar-refractivity contribution >= 4 is 23.2 Å². The Kier molecular flexibility index (Phi) is 2.99. The molecular weight excluding hydrogens is 265 g/mol. The molecule has 1 heterocycles. The van der Waals surface area contributed by atoms with Crippen molar-refractivity contribution < 1.29 is 9.18 Å². The van der Waals surface area contributed by atoms with Gasteiger partial charge in [-0.05, 0) is 36.2 Å². The van der Waals surface area contributed by atoms with Crippen LogP contribution in [0, 0.1) is 5.82 Å². The lowest BCUT2D eigenvalue weighted by atomic mass is 10.1. The van der Waals surface area contributed by atoms with E-state index in [-0.39, 0.29) is 16.5 Å². The number of carbonyl (C=O) groups excluding carboxylic acids is 1. The Labute approximate surface area is 115 Å².